The van der Waals surface area contributed by atoms with Crippen LogP contribution in [-0.4, -0.2) is 4.92 Å². The quantitative estimate of drug-likeness (QED) is 0.541. The van der Waals surface area contributed by atoms with E-state index in [4.69, 9.17) is 11.0 Å². The minimum absolute atomic E-state index is 0.00566. The molecule has 1 aromatic carbocycles. The highest BCUT2D eigenvalue weighted by Crippen LogP contribution is 2.15. The fourth-order valence-corrected chi connectivity index (χ4v) is 0.878. The molecular weight excluding hydrogens is 170 g/mol. The first-order chi connectivity index (χ1) is 6.15. The lowest BCUT2D eigenvalue weighted by Gasteiger charge is -2.00. The summed E-state index contributed by atoms with van der Waals surface area (Å²) in [4.78, 5) is 9.76. The molecule has 0 saturated heterocycles. The van der Waals surface area contributed by atoms with Crippen molar-refractivity contribution >= 4 is 5.69 Å². The van der Waals surface area contributed by atoms with Gasteiger partial charge in [0.25, 0.3) is 5.69 Å². The molecule has 0 saturated carbocycles. The van der Waals surface area contributed by atoms with E-state index in [9.17, 15) is 10.1 Å². The fourth-order valence-electron chi connectivity index (χ4n) is 0.878. The SMILES string of the molecule is N#C[C@H](N)c1ccc([N+](=O)[O-])cc1. The van der Waals surface area contributed by atoms with Gasteiger partial charge in [0.2, 0.25) is 0 Å². The van der Waals surface area contributed by atoms with Gasteiger partial charge in [0, 0.05) is 12.1 Å². The van der Waals surface area contributed by atoms with Crippen molar-refractivity contribution in [2.24, 2.45) is 5.73 Å². The van der Waals surface area contributed by atoms with Crippen LogP contribution in [0.4, 0.5) is 5.69 Å². The maximum Gasteiger partial charge on any atom is 0.269 e. The molecule has 0 aliphatic rings. The predicted molar refractivity (Wildman–Crippen MR) is 45.6 cm³/mol. The Balaban J connectivity index is 2.95. The van der Waals surface area contributed by atoms with Gasteiger partial charge in [-0.15, -0.1) is 0 Å². The molecule has 1 aromatic rings. The van der Waals surface area contributed by atoms with Crippen molar-refractivity contribution in [3.05, 3.63) is 39.9 Å². The maximum absolute atomic E-state index is 10.3. The lowest BCUT2D eigenvalue weighted by molar-refractivity contribution is -0.384. The highest BCUT2D eigenvalue weighted by Gasteiger charge is 2.07. The topological polar surface area (TPSA) is 93.0 Å². The second kappa shape index (κ2) is 3.65. The molecule has 0 fully saturated rings. The molecule has 0 unspecified atom stereocenters. The number of hydrogen-bond acceptors (Lipinski definition) is 4. The molecule has 0 aliphatic heterocycles. The Morgan fingerprint density at radius 3 is 2.38 bits per heavy atom. The molecule has 0 spiro atoms. The van der Waals surface area contributed by atoms with Crippen LogP contribution in [0.15, 0.2) is 24.3 Å². The van der Waals surface area contributed by atoms with Crippen molar-refractivity contribution in [3.8, 4) is 6.07 Å². The summed E-state index contributed by atoms with van der Waals surface area (Å²) in [6.45, 7) is 0. The summed E-state index contributed by atoms with van der Waals surface area (Å²) in [5.41, 5.74) is 5.96. The molecule has 5 heteroatoms. The molecule has 0 aliphatic carbocycles. The third kappa shape index (κ3) is 2.01. The Morgan fingerprint density at radius 2 is 2.00 bits per heavy atom. The largest absolute Gasteiger partial charge is 0.312 e. The maximum atomic E-state index is 10.3. The number of nitrogens with two attached hydrogens (primary N) is 1. The van der Waals surface area contributed by atoms with E-state index in [1.165, 1.54) is 24.3 Å². The molecule has 2 N–H and O–H groups in total. The van der Waals surface area contributed by atoms with Crippen molar-refractivity contribution in [1.82, 2.24) is 0 Å². The van der Waals surface area contributed by atoms with Crippen molar-refractivity contribution in [3.63, 3.8) is 0 Å². The second-order valence-corrected chi connectivity index (χ2v) is 2.46. The zero-order valence-corrected chi connectivity index (χ0v) is 6.68. The number of benzene rings is 1. The number of nitriles is 1. The molecule has 66 valence electrons. The van der Waals surface area contributed by atoms with E-state index in [-0.39, 0.29) is 5.69 Å². The predicted octanol–water partition coefficient (Wildman–Crippen LogP) is 1.12. The summed E-state index contributed by atoms with van der Waals surface area (Å²) in [6.07, 6.45) is 0. The zero-order chi connectivity index (χ0) is 9.84. The van der Waals surface area contributed by atoms with Crippen molar-refractivity contribution < 1.29 is 4.92 Å². The van der Waals surface area contributed by atoms with E-state index in [1.807, 2.05) is 6.07 Å². The normalized spacial score (nSPS) is 11.7. The summed E-state index contributed by atoms with van der Waals surface area (Å²) in [5.74, 6) is 0. The van der Waals surface area contributed by atoms with Crippen LogP contribution >= 0.6 is 0 Å². The third-order valence-corrected chi connectivity index (χ3v) is 1.60. The fraction of sp³-hybridized carbons (Fsp3) is 0.125. The molecule has 1 atom stereocenters. The van der Waals surface area contributed by atoms with Crippen LogP contribution in [0.3, 0.4) is 0 Å². The van der Waals surface area contributed by atoms with Crippen LogP contribution in [0.2, 0.25) is 0 Å². The number of nitrogens with zero attached hydrogens (tertiary/aromatic N) is 2. The number of nitro groups is 1. The standard InChI is InChI=1S/C8H7N3O2/c9-5-8(10)6-1-3-7(4-2-6)11(12)13/h1-4,8H,10H2/t8-/m0/s1. The number of non-ortho nitro benzene ring substituents is 1. The summed E-state index contributed by atoms with van der Waals surface area (Å²) in [7, 11) is 0. The number of rotatable bonds is 2. The van der Waals surface area contributed by atoms with Crippen LogP contribution in [0, 0.1) is 21.4 Å². The van der Waals surface area contributed by atoms with Gasteiger partial charge in [0.15, 0.2) is 0 Å². The first-order valence-corrected chi connectivity index (χ1v) is 3.54. The van der Waals surface area contributed by atoms with Gasteiger partial charge in [-0.1, -0.05) is 0 Å². The van der Waals surface area contributed by atoms with Gasteiger partial charge in [-0.2, -0.15) is 5.26 Å². The van der Waals surface area contributed by atoms with E-state index in [0.717, 1.165) is 0 Å². The summed E-state index contributed by atoms with van der Waals surface area (Å²) in [6, 6.07) is 6.72. The van der Waals surface area contributed by atoms with Gasteiger partial charge in [-0.25, -0.2) is 0 Å². The molecule has 0 heterocycles. The molecule has 0 amide bonds. The Hall–Kier alpha value is -1.93. The Morgan fingerprint density at radius 1 is 1.46 bits per heavy atom. The molecule has 1 rings (SSSR count). The molecule has 13 heavy (non-hydrogen) atoms. The van der Waals surface area contributed by atoms with Crippen LogP contribution in [0.25, 0.3) is 0 Å². The molecule has 0 aromatic heterocycles. The first-order valence-electron chi connectivity index (χ1n) is 3.54. The molecular formula is C8H7N3O2. The van der Waals surface area contributed by atoms with Crippen LogP contribution < -0.4 is 5.73 Å². The van der Waals surface area contributed by atoms with E-state index in [1.54, 1.807) is 0 Å². The van der Waals surface area contributed by atoms with Gasteiger partial charge in [0.1, 0.15) is 6.04 Å². The number of hydrogen-bond donors (Lipinski definition) is 1. The smallest absolute Gasteiger partial charge is 0.269 e. The molecule has 0 radical (unpaired) electrons. The summed E-state index contributed by atoms with van der Waals surface area (Å²) in [5, 5.41) is 18.7. The highest BCUT2D eigenvalue weighted by atomic mass is 16.6. The molecule has 0 bridgehead atoms. The van der Waals surface area contributed by atoms with E-state index >= 15 is 0 Å². The van der Waals surface area contributed by atoms with E-state index in [2.05, 4.69) is 0 Å². The monoisotopic (exact) mass is 177 g/mol. The third-order valence-electron chi connectivity index (χ3n) is 1.60. The van der Waals surface area contributed by atoms with Gasteiger partial charge in [0.05, 0.1) is 11.0 Å². The Kier molecular flexibility index (Phi) is 2.57. The van der Waals surface area contributed by atoms with Gasteiger partial charge in [-0.3, -0.25) is 10.1 Å². The Bertz CT molecular complexity index is 353. The van der Waals surface area contributed by atoms with Crippen molar-refractivity contribution in [2.45, 2.75) is 6.04 Å². The van der Waals surface area contributed by atoms with Crippen molar-refractivity contribution in [1.29, 1.82) is 5.26 Å². The Labute approximate surface area is 74.5 Å². The second-order valence-electron chi connectivity index (χ2n) is 2.46. The van der Waals surface area contributed by atoms with Gasteiger partial charge in [-0.05, 0) is 17.7 Å². The minimum atomic E-state index is -0.721. The first kappa shape index (κ1) is 9.16. The number of nitro benzene ring substituents is 1. The summed E-state index contributed by atoms with van der Waals surface area (Å²) >= 11 is 0. The summed E-state index contributed by atoms with van der Waals surface area (Å²) < 4.78 is 0. The molecule has 5 nitrogen and oxygen atoms in total. The highest BCUT2D eigenvalue weighted by molar-refractivity contribution is 5.35. The van der Waals surface area contributed by atoms with E-state index < -0.39 is 11.0 Å². The van der Waals surface area contributed by atoms with Crippen molar-refractivity contribution in [2.75, 3.05) is 0 Å². The minimum Gasteiger partial charge on any atom is -0.312 e. The van der Waals surface area contributed by atoms with E-state index in [0.29, 0.717) is 5.56 Å². The van der Waals surface area contributed by atoms with Crippen LogP contribution in [0.1, 0.15) is 11.6 Å². The lowest BCUT2D eigenvalue weighted by atomic mass is 10.1. The lowest BCUT2D eigenvalue weighted by Crippen LogP contribution is -2.06. The van der Waals surface area contributed by atoms with Gasteiger partial charge >= 0.3 is 0 Å². The average molecular weight is 177 g/mol. The van der Waals surface area contributed by atoms with Crippen LogP contribution in [0.5, 0.6) is 0 Å². The van der Waals surface area contributed by atoms with Crippen LogP contribution in [-0.2, 0) is 0 Å². The van der Waals surface area contributed by atoms with Gasteiger partial charge < -0.3 is 5.73 Å². The average Bonchev–Trinajstić information content (AvgIpc) is 2.17. The zero-order valence-electron chi connectivity index (χ0n) is 6.68.